The third-order valence-corrected chi connectivity index (χ3v) is 3.42. The molecule has 0 radical (unpaired) electrons. The molecular weight excluding hydrogens is 234 g/mol. The Labute approximate surface area is 98.7 Å². The summed E-state index contributed by atoms with van der Waals surface area (Å²) in [7, 11) is -2.81. The zero-order valence-corrected chi connectivity index (χ0v) is 11.3. The first-order valence-electron chi connectivity index (χ1n) is 5.45. The zero-order chi connectivity index (χ0) is 11.7. The summed E-state index contributed by atoms with van der Waals surface area (Å²) in [6, 6.07) is 0. The van der Waals surface area contributed by atoms with E-state index < -0.39 is 9.84 Å². The highest BCUT2D eigenvalue weighted by molar-refractivity contribution is 7.90. The van der Waals surface area contributed by atoms with Gasteiger partial charge in [-0.05, 0) is 25.9 Å². The van der Waals surface area contributed by atoms with Crippen molar-refractivity contribution in [1.82, 2.24) is 4.90 Å². The van der Waals surface area contributed by atoms with E-state index in [0.717, 1.165) is 32.5 Å². The van der Waals surface area contributed by atoms with E-state index in [1.807, 2.05) is 0 Å². The third-order valence-electron chi connectivity index (χ3n) is 2.22. The second-order valence-electron chi connectivity index (χ2n) is 3.87. The Morgan fingerprint density at radius 2 is 1.73 bits per heavy atom. The predicted octanol–water partition coefficient (Wildman–Crippen LogP) is 1.76. The molecule has 0 bridgehead atoms. The second kappa shape index (κ2) is 8.36. The smallest absolute Gasteiger partial charge is 0.147 e. The van der Waals surface area contributed by atoms with Gasteiger partial charge in [0.05, 0.1) is 5.75 Å². The van der Waals surface area contributed by atoms with Gasteiger partial charge in [0.15, 0.2) is 0 Å². The Hall–Kier alpha value is 0.200. The quantitative estimate of drug-likeness (QED) is 0.590. The van der Waals surface area contributed by atoms with E-state index in [9.17, 15) is 8.42 Å². The van der Waals surface area contributed by atoms with Gasteiger partial charge in [-0.2, -0.15) is 0 Å². The predicted molar refractivity (Wildman–Crippen MR) is 66.4 cm³/mol. The number of unbranched alkanes of at least 4 members (excludes halogenated alkanes) is 1. The molecule has 0 heterocycles. The monoisotopic (exact) mass is 255 g/mol. The van der Waals surface area contributed by atoms with Gasteiger partial charge in [0.1, 0.15) is 9.84 Å². The molecule has 15 heavy (non-hydrogen) atoms. The molecule has 0 fully saturated rings. The average Bonchev–Trinajstić information content (AvgIpc) is 2.12. The van der Waals surface area contributed by atoms with Gasteiger partial charge in [-0.25, -0.2) is 8.42 Å². The van der Waals surface area contributed by atoms with Crippen LogP contribution in [0.4, 0.5) is 0 Å². The molecule has 0 N–H and O–H groups in total. The zero-order valence-electron chi connectivity index (χ0n) is 9.71. The molecule has 0 atom stereocenters. The highest BCUT2D eigenvalue weighted by Crippen LogP contribution is 1.99. The fourth-order valence-corrected chi connectivity index (χ4v) is 2.28. The molecular formula is C10H22ClNO2S. The molecule has 5 heteroatoms. The van der Waals surface area contributed by atoms with Gasteiger partial charge in [0.25, 0.3) is 0 Å². The van der Waals surface area contributed by atoms with Crippen molar-refractivity contribution >= 4 is 21.4 Å². The van der Waals surface area contributed by atoms with E-state index in [0.29, 0.717) is 12.3 Å². The maximum atomic E-state index is 10.9. The number of sulfone groups is 1. The molecule has 0 aromatic heterocycles. The van der Waals surface area contributed by atoms with Crippen molar-refractivity contribution in [2.45, 2.75) is 26.2 Å². The lowest BCUT2D eigenvalue weighted by Gasteiger charge is -2.20. The molecule has 0 aliphatic carbocycles. The van der Waals surface area contributed by atoms with Crippen LogP contribution in [0.2, 0.25) is 0 Å². The van der Waals surface area contributed by atoms with E-state index in [2.05, 4.69) is 11.8 Å². The first kappa shape index (κ1) is 15.2. The van der Waals surface area contributed by atoms with Crippen LogP contribution in [0.1, 0.15) is 26.2 Å². The lowest BCUT2D eigenvalue weighted by molar-refractivity contribution is 0.286. The number of hydrogen-bond acceptors (Lipinski definition) is 3. The van der Waals surface area contributed by atoms with E-state index in [4.69, 9.17) is 11.6 Å². The van der Waals surface area contributed by atoms with Crippen molar-refractivity contribution < 1.29 is 8.42 Å². The summed E-state index contributed by atoms with van der Waals surface area (Å²) in [6.07, 6.45) is 4.30. The summed E-state index contributed by atoms with van der Waals surface area (Å²) in [5, 5.41) is 0. The molecule has 0 amide bonds. The van der Waals surface area contributed by atoms with Crippen molar-refractivity contribution in [1.29, 1.82) is 0 Å². The van der Waals surface area contributed by atoms with Crippen LogP contribution >= 0.6 is 11.6 Å². The van der Waals surface area contributed by atoms with Crippen LogP contribution in [-0.4, -0.2) is 50.8 Å². The molecule has 0 spiro atoms. The van der Waals surface area contributed by atoms with Crippen LogP contribution in [0.15, 0.2) is 0 Å². The van der Waals surface area contributed by atoms with Crippen LogP contribution in [0, 0.1) is 0 Å². The van der Waals surface area contributed by atoms with Crippen molar-refractivity contribution in [2.75, 3.05) is 37.5 Å². The summed E-state index contributed by atoms with van der Waals surface area (Å²) in [5.74, 6) is 0.889. The maximum absolute atomic E-state index is 10.9. The molecule has 0 saturated heterocycles. The Bertz CT molecular complexity index is 242. The van der Waals surface area contributed by atoms with Gasteiger partial charge in [-0.3, -0.25) is 0 Å². The molecule has 3 nitrogen and oxygen atoms in total. The van der Waals surface area contributed by atoms with Gasteiger partial charge in [-0.15, -0.1) is 11.6 Å². The molecule has 0 aliphatic heterocycles. The van der Waals surface area contributed by atoms with Gasteiger partial charge in [-0.1, -0.05) is 13.3 Å². The minimum Gasteiger partial charge on any atom is -0.302 e. The summed E-state index contributed by atoms with van der Waals surface area (Å²) in [4.78, 5) is 2.24. The first-order chi connectivity index (χ1) is 6.99. The molecule has 0 rings (SSSR count). The maximum Gasteiger partial charge on any atom is 0.147 e. The Morgan fingerprint density at radius 3 is 2.20 bits per heavy atom. The van der Waals surface area contributed by atoms with Gasteiger partial charge in [0.2, 0.25) is 0 Å². The second-order valence-corrected chi connectivity index (χ2v) is 6.51. The van der Waals surface area contributed by atoms with Gasteiger partial charge in [0, 0.05) is 18.7 Å². The Morgan fingerprint density at radius 1 is 1.13 bits per heavy atom. The van der Waals surface area contributed by atoms with E-state index in [1.165, 1.54) is 6.26 Å². The fraction of sp³-hybridized carbons (Fsp3) is 1.00. The fourth-order valence-electron chi connectivity index (χ4n) is 1.39. The van der Waals surface area contributed by atoms with Crippen molar-refractivity contribution in [3.63, 3.8) is 0 Å². The minimum atomic E-state index is -2.81. The van der Waals surface area contributed by atoms with Gasteiger partial charge >= 0.3 is 0 Å². The van der Waals surface area contributed by atoms with Crippen LogP contribution in [-0.2, 0) is 9.84 Å². The van der Waals surface area contributed by atoms with Crippen LogP contribution < -0.4 is 0 Å². The highest BCUT2D eigenvalue weighted by atomic mass is 35.5. The summed E-state index contributed by atoms with van der Waals surface area (Å²) >= 11 is 5.68. The number of hydrogen-bond donors (Lipinski definition) is 0. The number of nitrogens with zero attached hydrogens (tertiary/aromatic N) is 1. The number of alkyl halides is 1. The normalized spacial score (nSPS) is 12.3. The van der Waals surface area contributed by atoms with Crippen molar-refractivity contribution in [2.24, 2.45) is 0 Å². The van der Waals surface area contributed by atoms with E-state index >= 15 is 0 Å². The molecule has 0 aromatic carbocycles. The lowest BCUT2D eigenvalue weighted by atomic mass is 10.3. The van der Waals surface area contributed by atoms with Crippen molar-refractivity contribution in [3.8, 4) is 0 Å². The Balaban J connectivity index is 3.74. The van der Waals surface area contributed by atoms with Crippen LogP contribution in [0.25, 0.3) is 0 Å². The average molecular weight is 256 g/mol. The molecule has 92 valence electrons. The SMILES string of the molecule is CCCCN(CCCl)CCCS(C)(=O)=O. The highest BCUT2D eigenvalue weighted by Gasteiger charge is 2.06. The Kier molecular flexibility index (Phi) is 8.47. The summed E-state index contributed by atoms with van der Waals surface area (Å²) in [6.45, 7) is 4.85. The number of halogens is 1. The first-order valence-corrected chi connectivity index (χ1v) is 8.05. The molecule has 0 aliphatic rings. The lowest BCUT2D eigenvalue weighted by Crippen LogP contribution is -2.29. The van der Waals surface area contributed by atoms with E-state index in [1.54, 1.807) is 0 Å². The van der Waals surface area contributed by atoms with Crippen molar-refractivity contribution in [3.05, 3.63) is 0 Å². The summed E-state index contributed by atoms with van der Waals surface area (Å²) < 4.78 is 21.9. The molecule has 0 aromatic rings. The topological polar surface area (TPSA) is 37.4 Å². The molecule has 0 saturated carbocycles. The standard InChI is InChI=1S/C10H22ClNO2S/c1-3-4-7-12(9-6-11)8-5-10-15(2,13)14/h3-10H2,1-2H3. The van der Waals surface area contributed by atoms with Crippen LogP contribution in [0.5, 0.6) is 0 Å². The largest absolute Gasteiger partial charge is 0.302 e. The van der Waals surface area contributed by atoms with Gasteiger partial charge < -0.3 is 4.90 Å². The number of rotatable bonds is 9. The minimum absolute atomic E-state index is 0.276. The van der Waals surface area contributed by atoms with Crippen LogP contribution in [0.3, 0.4) is 0 Å². The molecule has 0 unspecified atom stereocenters. The third kappa shape index (κ3) is 10.5. The summed E-state index contributed by atoms with van der Waals surface area (Å²) in [5.41, 5.74) is 0. The van der Waals surface area contributed by atoms with E-state index in [-0.39, 0.29) is 5.75 Å².